The van der Waals surface area contributed by atoms with Crippen molar-refractivity contribution in [1.82, 2.24) is 5.32 Å². The van der Waals surface area contributed by atoms with Gasteiger partial charge >= 0.3 is 0 Å². The van der Waals surface area contributed by atoms with Crippen LogP contribution in [0.2, 0.25) is 0 Å². The molecule has 0 aliphatic rings. The zero-order valence-corrected chi connectivity index (χ0v) is 10.1. The minimum atomic E-state index is 0.239. The van der Waals surface area contributed by atoms with Crippen LogP contribution >= 0.6 is 0 Å². The second kappa shape index (κ2) is 5.60. The summed E-state index contributed by atoms with van der Waals surface area (Å²) in [7, 11) is 0. The maximum absolute atomic E-state index is 11.8. The third-order valence-electron chi connectivity index (χ3n) is 2.84. The molecule has 2 heteroatoms. The van der Waals surface area contributed by atoms with Gasteiger partial charge in [0.15, 0.2) is 5.78 Å². The highest BCUT2D eigenvalue weighted by Gasteiger charge is 2.05. The highest BCUT2D eigenvalue weighted by molar-refractivity contribution is 5.91. The standard InChI is InChI=1S/C15H17NO/c1-2-16-11-14(17)10-13-8-5-7-12-6-3-4-9-15(12)13/h3-9,16H,2,10-11H2,1H3. The number of ketones is 1. The smallest absolute Gasteiger partial charge is 0.150 e. The molecule has 2 aromatic rings. The number of Topliss-reactive ketones (excluding diaryl/α,β-unsaturated/α-hetero) is 1. The number of fused-ring (bicyclic) bond motifs is 1. The van der Waals surface area contributed by atoms with Crippen LogP contribution in [-0.4, -0.2) is 18.9 Å². The largest absolute Gasteiger partial charge is 0.310 e. The first-order valence-corrected chi connectivity index (χ1v) is 6.00. The summed E-state index contributed by atoms with van der Waals surface area (Å²) in [5.41, 5.74) is 1.12. The quantitative estimate of drug-likeness (QED) is 0.850. The molecule has 0 saturated heterocycles. The molecule has 88 valence electrons. The number of likely N-dealkylation sites (N-methyl/N-ethyl adjacent to an activating group) is 1. The van der Waals surface area contributed by atoms with Crippen molar-refractivity contribution < 1.29 is 4.79 Å². The highest BCUT2D eigenvalue weighted by Crippen LogP contribution is 2.18. The Morgan fingerprint density at radius 1 is 1.12 bits per heavy atom. The van der Waals surface area contributed by atoms with Gasteiger partial charge in [-0.05, 0) is 22.9 Å². The molecule has 0 spiro atoms. The van der Waals surface area contributed by atoms with Crippen molar-refractivity contribution in [3.63, 3.8) is 0 Å². The maximum Gasteiger partial charge on any atom is 0.150 e. The Kier molecular flexibility index (Phi) is 3.89. The Morgan fingerprint density at radius 2 is 1.88 bits per heavy atom. The average Bonchev–Trinajstić information content (AvgIpc) is 2.37. The monoisotopic (exact) mass is 227 g/mol. The van der Waals surface area contributed by atoms with Crippen LogP contribution in [0.15, 0.2) is 42.5 Å². The van der Waals surface area contributed by atoms with Crippen LogP contribution < -0.4 is 5.32 Å². The summed E-state index contributed by atoms with van der Waals surface area (Å²) in [6.45, 7) is 3.30. The van der Waals surface area contributed by atoms with E-state index in [1.54, 1.807) is 0 Å². The fourth-order valence-electron chi connectivity index (χ4n) is 1.99. The molecule has 2 nitrogen and oxygen atoms in total. The number of hydrogen-bond acceptors (Lipinski definition) is 2. The minimum Gasteiger partial charge on any atom is -0.310 e. The third-order valence-corrected chi connectivity index (χ3v) is 2.84. The number of nitrogens with one attached hydrogen (secondary N) is 1. The second-order valence-electron chi connectivity index (χ2n) is 4.13. The lowest BCUT2D eigenvalue weighted by atomic mass is 10.0. The lowest BCUT2D eigenvalue weighted by Gasteiger charge is -2.06. The number of carbonyl (C=O) groups is 1. The molecule has 0 fully saturated rings. The van der Waals surface area contributed by atoms with Crippen molar-refractivity contribution in [2.45, 2.75) is 13.3 Å². The van der Waals surface area contributed by atoms with Crippen LogP contribution in [0.25, 0.3) is 10.8 Å². The van der Waals surface area contributed by atoms with E-state index in [4.69, 9.17) is 0 Å². The Morgan fingerprint density at radius 3 is 2.71 bits per heavy atom. The Hall–Kier alpha value is -1.67. The van der Waals surface area contributed by atoms with Crippen LogP contribution in [0.5, 0.6) is 0 Å². The normalized spacial score (nSPS) is 10.6. The molecular weight excluding hydrogens is 210 g/mol. The molecule has 0 amide bonds. The lowest BCUT2D eigenvalue weighted by molar-refractivity contribution is -0.117. The van der Waals surface area contributed by atoms with E-state index in [2.05, 4.69) is 23.5 Å². The number of benzene rings is 2. The zero-order chi connectivity index (χ0) is 12.1. The molecule has 0 aliphatic carbocycles. The number of rotatable bonds is 5. The molecule has 2 rings (SSSR count). The van der Waals surface area contributed by atoms with E-state index < -0.39 is 0 Å². The van der Waals surface area contributed by atoms with Crippen LogP contribution in [0.1, 0.15) is 12.5 Å². The predicted molar refractivity (Wildman–Crippen MR) is 71.2 cm³/mol. The van der Waals surface area contributed by atoms with Gasteiger partial charge in [0.2, 0.25) is 0 Å². The van der Waals surface area contributed by atoms with Crippen molar-refractivity contribution in [2.75, 3.05) is 13.1 Å². The van der Waals surface area contributed by atoms with E-state index in [0.29, 0.717) is 13.0 Å². The lowest BCUT2D eigenvalue weighted by Crippen LogP contribution is -2.23. The van der Waals surface area contributed by atoms with Gasteiger partial charge in [-0.25, -0.2) is 0 Å². The zero-order valence-electron chi connectivity index (χ0n) is 10.1. The summed E-state index contributed by atoms with van der Waals surface area (Å²) < 4.78 is 0. The molecule has 0 aliphatic heterocycles. The van der Waals surface area contributed by atoms with Crippen LogP contribution in [-0.2, 0) is 11.2 Å². The van der Waals surface area contributed by atoms with Crippen molar-refractivity contribution in [2.24, 2.45) is 0 Å². The van der Waals surface area contributed by atoms with Gasteiger partial charge in [-0.15, -0.1) is 0 Å². The van der Waals surface area contributed by atoms with Gasteiger partial charge in [-0.1, -0.05) is 49.4 Å². The van der Waals surface area contributed by atoms with Gasteiger partial charge in [-0.2, -0.15) is 0 Å². The summed E-state index contributed by atoms with van der Waals surface area (Å²) >= 11 is 0. The van der Waals surface area contributed by atoms with Crippen molar-refractivity contribution >= 4 is 16.6 Å². The van der Waals surface area contributed by atoms with Crippen molar-refractivity contribution in [3.05, 3.63) is 48.0 Å². The van der Waals surface area contributed by atoms with Crippen molar-refractivity contribution in [1.29, 1.82) is 0 Å². The number of carbonyl (C=O) groups excluding carboxylic acids is 1. The van der Waals surface area contributed by atoms with E-state index in [0.717, 1.165) is 12.1 Å². The topological polar surface area (TPSA) is 29.1 Å². The van der Waals surface area contributed by atoms with E-state index >= 15 is 0 Å². The first-order valence-electron chi connectivity index (χ1n) is 6.00. The third kappa shape index (κ3) is 2.92. The summed E-state index contributed by atoms with van der Waals surface area (Å²) in [4.78, 5) is 11.8. The molecule has 0 bridgehead atoms. The molecule has 17 heavy (non-hydrogen) atoms. The van der Waals surface area contributed by atoms with Crippen molar-refractivity contribution in [3.8, 4) is 0 Å². The van der Waals surface area contributed by atoms with Gasteiger partial charge in [0.1, 0.15) is 0 Å². The fraction of sp³-hybridized carbons (Fsp3) is 0.267. The van der Waals surface area contributed by atoms with E-state index in [-0.39, 0.29) is 5.78 Å². The van der Waals surface area contributed by atoms with Gasteiger partial charge in [0.05, 0.1) is 6.54 Å². The molecule has 0 heterocycles. The molecule has 1 N–H and O–H groups in total. The molecule has 0 unspecified atom stereocenters. The van der Waals surface area contributed by atoms with Gasteiger partial charge in [0, 0.05) is 6.42 Å². The molecule has 0 atom stereocenters. The van der Waals surface area contributed by atoms with Crippen LogP contribution in [0.4, 0.5) is 0 Å². The Labute approximate surface area is 102 Å². The highest BCUT2D eigenvalue weighted by atomic mass is 16.1. The van der Waals surface area contributed by atoms with Gasteiger partial charge in [-0.3, -0.25) is 4.79 Å². The van der Waals surface area contributed by atoms with E-state index in [9.17, 15) is 4.79 Å². The summed E-state index contributed by atoms with van der Waals surface area (Å²) in [5, 5.41) is 5.44. The Bertz CT molecular complexity index is 514. The molecule has 0 aromatic heterocycles. The summed E-state index contributed by atoms with van der Waals surface area (Å²) in [6.07, 6.45) is 0.508. The average molecular weight is 227 g/mol. The first kappa shape index (κ1) is 11.8. The number of hydrogen-bond donors (Lipinski definition) is 1. The van der Waals surface area contributed by atoms with E-state index in [1.807, 2.05) is 31.2 Å². The van der Waals surface area contributed by atoms with Gasteiger partial charge in [0.25, 0.3) is 0 Å². The SMILES string of the molecule is CCNCC(=O)Cc1cccc2ccccc12. The Balaban J connectivity index is 2.21. The fourth-order valence-corrected chi connectivity index (χ4v) is 1.99. The molecular formula is C15H17NO. The molecule has 2 aromatic carbocycles. The van der Waals surface area contributed by atoms with Gasteiger partial charge < -0.3 is 5.32 Å². The summed E-state index contributed by atoms with van der Waals surface area (Å²) in [5.74, 6) is 0.239. The molecule has 0 radical (unpaired) electrons. The minimum absolute atomic E-state index is 0.239. The first-order chi connectivity index (χ1) is 8.31. The molecule has 0 saturated carbocycles. The maximum atomic E-state index is 11.8. The summed E-state index contributed by atoms with van der Waals surface area (Å²) in [6, 6.07) is 14.3. The van der Waals surface area contributed by atoms with E-state index in [1.165, 1.54) is 10.8 Å². The van der Waals surface area contributed by atoms with Crippen LogP contribution in [0, 0.1) is 0 Å². The van der Waals surface area contributed by atoms with Crippen LogP contribution in [0.3, 0.4) is 0 Å². The second-order valence-corrected chi connectivity index (χ2v) is 4.13. The predicted octanol–water partition coefficient (Wildman–Crippen LogP) is 2.56.